The maximum absolute atomic E-state index is 11.8. The number of likely N-dealkylation sites (tertiary alicyclic amines) is 1. The summed E-state index contributed by atoms with van der Waals surface area (Å²) in [5.74, 6) is 0.908. The molecule has 0 saturated carbocycles. The quantitative estimate of drug-likeness (QED) is 0.929. The van der Waals surface area contributed by atoms with Crippen molar-refractivity contribution in [1.82, 2.24) is 10.2 Å². The first-order valence-electron chi connectivity index (χ1n) is 7.71. The fraction of sp³-hybridized carbons (Fsp3) is 0.588. The zero-order chi connectivity index (χ0) is 16.2. The molecule has 0 aromatic heterocycles. The molecule has 1 N–H and O–H groups in total. The summed E-state index contributed by atoms with van der Waals surface area (Å²) in [5, 5.41) is 2.95. The van der Waals surface area contributed by atoms with Gasteiger partial charge in [0.1, 0.15) is 11.4 Å². The monoisotopic (exact) mass is 306 g/mol. The summed E-state index contributed by atoms with van der Waals surface area (Å²) in [6.07, 6.45) is 0.602. The lowest BCUT2D eigenvalue weighted by atomic mass is 10.2. The Kier molecular flexibility index (Phi) is 5.29. The van der Waals surface area contributed by atoms with Crippen molar-refractivity contribution in [3.05, 3.63) is 29.8 Å². The minimum atomic E-state index is -0.459. The summed E-state index contributed by atoms with van der Waals surface area (Å²) in [5.41, 5.74) is 0.711. The van der Waals surface area contributed by atoms with Gasteiger partial charge < -0.3 is 14.8 Å². The molecule has 22 heavy (non-hydrogen) atoms. The highest BCUT2D eigenvalue weighted by atomic mass is 16.6. The Bertz CT molecular complexity index is 511. The van der Waals surface area contributed by atoms with Gasteiger partial charge in [-0.3, -0.25) is 4.90 Å². The molecule has 1 aliphatic rings. The molecule has 122 valence electrons. The summed E-state index contributed by atoms with van der Waals surface area (Å²) in [4.78, 5) is 14.1. The second-order valence-electron chi connectivity index (χ2n) is 6.68. The minimum absolute atomic E-state index is 0.143. The van der Waals surface area contributed by atoms with Crippen LogP contribution in [0.15, 0.2) is 24.3 Å². The fourth-order valence-corrected chi connectivity index (χ4v) is 2.64. The van der Waals surface area contributed by atoms with Crippen LogP contribution in [0.25, 0.3) is 0 Å². The van der Waals surface area contributed by atoms with Crippen LogP contribution < -0.4 is 10.1 Å². The number of amides is 1. The molecule has 1 fully saturated rings. The van der Waals surface area contributed by atoms with E-state index in [4.69, 9.17) is 9.47 Å². The molecular formula is C17H26N2O3. The number of ether oxygens (including phenoxy) is 2. The van der Waals surface area contributed by atoms with Gasteiger partial charge in [0, 0.05) is 31.2 Å². The third-order valence-corrected chi connectivity index (χ3v) is 3.58. The minimum Gasteiger partial charge on any atom is -0.496 e. The Balaban J connectivity index is 1.84. The highest BCUT2D eigenvalue weighted by molar-refractivity contribution is 5.68. The predicted octanol–water partition coefficient (Wildman–Crippen LogP) is 2.79. The van der Waals surface area contributed by atoms with Crippen molar-refractivity contribution in [2.24, 2.45) is 0 Å². The Morgan fingerprint density at radius 1 is 1.36 bits per heavy atom. The first-order valence-corrected chi connectivity index (χ1v) is 7.71. The topological polar surface area (TPSA) is 50.8 Å². The Morgan fingerprint density at radius 3 is 2.77 bits per heavy atom. The number of benzene rings is 1. The number of hydrogen-bond acceptors (Lipinski definition) is 4. The van der Waals surface area contributed by atoms with Crippen LogP contribution in [0, 0.1) is 0 Å². The number of nitrogens with zero attached hydrogens (tertiary/aromatic N) is 1. The van der Waals surface area contributed by atoms with Gasteiger partial charge in [0.2, 0.25) is 0 Å². The molecule has 1 amide bonds. The number of hydrogen-bond donors (Lipinski definition) is 1. The van der Waals surface area contributed by atoms with Crippen molar-refractivity contribution in [3.8, 4) is 5.75 Å². The van der Waals surface area contributed by atoms with E-state index in [9.17, 15) is 4.79 Å². The second kappa shape index (κ2) is 7.01. The standard InChI is InChI=1S/C17H26N2O3/c1-17(2,3)22-16(20)18-14-9-10-19(12-14)11-13-7-5-6-8-15(13)21-4/h5-8,14H,9-12H2,1-4H3,(H,18,20). The maximum atomic E-state index is 11.8. The summed E-state index contributed by atoms with van der Waals surface area (Å²) in [7, 11) is 1.69. The van der Waals surface area contributed by atoms with Crippen molar-refractivity contribution >= 4 is 6.09 Å². The summed E-state index contributed by atoms with van der Waals surface area (Å²) < 4.78 is 10.7. The number of alkyl carbamates (subject to hydrolysis) is 1. The van der Waals surface area contributed by atoms with Crippen LogP contribution in [0.4, 0.5) is 4.79 Å². The Labute approximate surface area is 132 Å². The van der Waals surface area contributed by atoms with Gasteiger partial charge in [-0.25, -0.2) is 4.79 Å². The molecule has 0 radical (unpaired) electrons. The van der Waals surface area contributed by atoms with Crippen LogP contribution in [0.1, 0.15) is 32.8 Å². The van der Waals surface area contributed by atoms with E-state index in [1.54, 1.807) is 7.11 Å². The second-order valence-corrected chi connectivity index (χ2v) is 6.68. The van der Waals surface area contributed by atoms with Crippen molar-refractivity contribution in [2.45, 2.75) is 45.4 Å². The number of methoxy groups -OCH3 is 1. The number of para-hydroxylation sites is 1. The maximum Gasteiger partial charge on any atom is 0.407 e. The van der Waals surface area contributed by atoms with Gasteiger partial charge in [-0.15, -0.1) is 0 Å². The van der Waals surface area contributed by atoms with Gasteiger partial charge in [0.25, 0.3) is 0 Å². The molecule has 1 unspecified atom stereocenters. The molecule has 1 aromatic rings. The number of carbonyl (C=O) groups excluding carboxylic acids is 1. The SMILES string of the molecule is COc1ccccc1CN1CCC(NC(=O)OC(C)(C)C)C1. The lowest BCUT2D eigenvalue weighted by Gasteiger charge is -2.22. The van der Waals surface area contributed by atoms with Gasteiger partial charge in [0.05, 0.1) is 7.11 Å². The largest absolute Gasteiger partial charge is 0.496 e. The van der Waals surface area contributed by atoms with Gasteiger partial charge in [0.15, 0.2) is 0 Å². The predicted molar refractivity (Wildman–Crippen MR) is 86.0 cm³/mol. The normalized spacial score (nSPS) is 19.0. The lowest BCUT2D eigenvalue weighted by molar-refractivity contribution is 0.0505. The number of carbonyl (C=O) groups is 1. The van der Waals surface area contributed by atoms with Gasteiger partial charge in [-0.05, 0) is 33.3 Å². The molecule has 1 heterocycles. The van der Waals surface area contributed by atoms with Crippen molar-refractivity contribution in [2.75, 3.05) is 20.2 Å². The molecular weight excluding hydrogens is 280 g/mol. The van der Waals surface area contributed by atoms with Gasteiger partial charge in [-0.2, -0.15) is 0 Å². The molecule has 1 atom stereocenters. The first-order chi connectivity index (χ1) is 10.4. The van der Waals surface area contributed by atoms with E-state index in [1.807, 2.05) is 39.0 Å². The van der Waals surface area contributed by atoms with Crippen molar-refractivity contribution in [1.29, 1.82) is 0 Å². The van der Waals surface area contributed by atoms with Crippen LogP contribution >= 0.6 is 0 Å². The molecule has 1 saturated heterocycles. The fourth-order valence-electron chi connectivity index (χ4n) is 2.64. The van der Waals surface area contributed by atoms with E-state index in [2.05, 4.69) is 16.3 Å². The average molecular weight is 306 g/mol. The zero-order valence-corrected chi connectivity index (χ0v) is 13.9. The Morgan fingerprint density at radius 2 is 2.09 bits per heavy atom. The van der Waals surface area contributed by atoms with E-state index < -0.39 is 5.60 Å². The van der Waals surface area contributed by atoms with Crippen LogP contribution in [0.3, 0.4) is 0 Å². The molecule has 1 aromatic carbocycles. The summed E-state index contributed by atoms with van der Waals surface area (Å²) >= 11 is 0. The lowest BCUT2D eigenvalue weighted by Crippen LogP contribution is -2.40. The highest BCUT2D eigenvalue weighted by Crippen LogP contribution is 2.21. The van der Waals surface area contributed by atoms with E-state index >= 15 is 0 Å². The molecule has 0 bridgehead atoms. The van der Waals surface area contributed by atoms with Crippen LogP contribution in [0.2, 0.25) is 0 Å². The summed E-state index contributed by atoms with van der Waals surface area (Å²) in [6, 6.07) is 8.18. The smallest absolute Gasteiger partial charge is 0.407 e. The van der Waals surface area contributed by atoms with Crippen LogP contribution in [-0.4, -0.2) is 42.8 Å². The highest BCUT2D eigenvalue weighted by Gasteiger charge is 2.26. The number of rotatable bonds is 4. The van der Waals surface area contributed by atoms with E-state index in [0.717, 1.165) is 31.8 Å². The van der Waals surface area contributed by atoms with Crippen LogP contribution in [-0.2, 0) is 11.3 Å². The molecule has 5 heteroatoms. The molecule has 5 nitrogen and oxygen atoms in total. The zero-order valence-electron chi connectivity index (χ0n) is 13.9. The summed E-state index contributed by atoms with van der Waals surface area (Å²) in [6.45, 7) is 8.23. The van der Waals surface area contributed by atoms with Gasteiger partial charge in [-0.1, -0.05) is 18.2 Å². The van der Waals surface area contributed by atoms with E-state index in [-0.39, 0.29) is 12.1 Å². The third-order valence-electron chi connectivity index (χ3n) is 3.58. The molecule has 0 spiro atoms. The van der Waals surface area contributed by atoms with Gasteiger partial charge >= 0.3 is 6.09 Å². The average Bonchev–Trinajstić information content (AvgIpc) is 2.84. The number of nitrogens with one attached hydrogen (secondary N) is 1. The van der Waals surface area contributed by atoms with E-state index in [1.165, 1.54) is 5.56 Å². The first kappa shape index (κ1) is 16.6. The molecule has 1 aliphatic heterocycles. The Hall–Kier alpha value is -1.75. The van der Waals surface area contributed by atoms with Crippen LogP contribution in [0.5, 0.6) is 5.75 Å². The third kappa shape index (κ3) is 4.91. The van der Waals surface area contributed by atoms with Crippen molar-refractivity contribution in [3.63, 3.8) is 0 Å². The van der Waals surface area contributed by atoms with Crippen molar-refractivity contribution < 1.29 is 14.3 Å². The molecule has 0 aliphatic carbocycles. The molecule has 2 rings (SSSR count). The van der Waals surface area contributed by atoms with E-state index in [0.29, 0.717) is 0 Å².